The monoisotopic (exact) mass is 1450 g/mol. The number of carboxylic acid groups (broad SMARTS) is 1. The van der Waals surface area contributed by atoms with Crippen molar-refractivity contribution in [1.29, 1.82) is 0 Å². The number of anilines is 11. The fraction of sp³-hybridized carbons (Fsp3) is 0.442. The SMILES string of the molecule is CC(C)(O[n+]1cc2nc(N3CCCCCC3)nc(Nc3ccc(N4CCN(C(C)(C)C(=O)O)CC4)cc3)c2c(=O)[nH]1)C1CCN(c2ccc(Nc3nc(N4CCCCCC4)nc4c[n+](OC(=O)C5CC56CCN(c5ccc(Nc7nc(-c8ccncc8)nc8cn[nH]c(=O)c78)cc5)CC6)[nH]c(=O)c34)cc2)CC1. The van der Waals surface area contributed by atoms with Gasteiger partial charge in [0, 0.05) is 137 Å². The standard InChI is InChI=1S/C77H88N22O8/c1-75(2,72(104)105)97-43-41-94(42-44-97)56-23-17-53(18-24-56)82-67-63-60(85-74(88-67)96-35-11-7-8-12-36-96)48-99(91-70(63)102)107-76(3,4)50-27-37-92(38-28-50)54-19-13-52(14-20-54)81-66-62-59(84-73(87-66)95-33-9-5-6-10-34-95)47-98(90-69(62)101)106-71(103)57-45-77(57)29-39-93(40-30-77)55-21-15-51(16-22-55)80-65-61-58(46-79-89-68(61)100)83-64(86-65)49-25-31-78-32-26-49/h13-26,31-32,46-48,50,57H,5-12,27-30,33-45H2,1-4H3,(H5-2,80,81,82,83,84,85,86,87,88,89,90,91,100,101,102,104,105)/p+2. The van der Waals surface area contributed by atoms with Crippen LogP contribution in [0.4, 0.5) is 63.5 Å². The maximum atomic E-state index is 14.3. The smallest absolute Gasteiger partial charge is 0.387 e. The Morgan fingerprint density at radius 1 is 0.523 bits per heavy atom. The highest BCUT2D eigenvalue weighted by Gasteiger charge is 2.61. The summed E-state index contributed by atoms with van der Waals surface area (Å²) in [4.78, 5) is 130. The molecule has 1 atom stereocenters. The number of nitrogens with one attached hydrogen (secondary N) is 6. The normalized spacial score (nSPS) is 18.3. The van der Waals surface area contributed by atoms with Crippen molar-refractivity contribution in [3.63, 3.8) is 0 Å². The van der Waals surface area contributed by atoms with Crippen molar-refractivity contribution < 1.29 is 34.1 Å². The highest BCUT2D eigenvalue weighted by Crippen LogP contribution is 2.60. The van der Waals surface area contributed by atoms with Crippen LogP contribution in [0.3, 0.4) is 0 Å². The molecule has 12 heterocycles. The van der Waals surface area contributed by atoms with Crippen LogP contribution in [-0.2, 0) is 9.59 Å². The Labute approximate surface area is 616 Å². The number of rotatable bonds is 19. The number of aromatic amines is 3. The number of carbonyl (C=O) groups is 2. The second-order valence-electron chi connectivity index (χ2n) is 30.3. The summed E-state index contributed by atoms with van der Waals surface area (Å²) in [5.41, 5.74) is 4.14. The van der Waals surface area contributed by atoms with E-state index in [1.807, 2.05) is 77.7 Å². The quantitative estimate of drug-likeness (QED) is 0.0377. The molecule has 0 radical (unpaired) electrons. The van der Waals surface area contributed by atoms with Crippen molar-refractivity contribution in [3.8, 4) is 11.4 Å². The van der Waals surface area contributed by atoms with Crippen LogP contribution < -0.4 is 76.5 Å². The lowest BCUT2D eigenvalue weighted by molar-refractivity contribution is -0.950. The van der Waals surface area contributed by atoms with Gasteiger partial charge in [0.2, 0.25) is 11.9 Å². The van der Waals surface area contributed by atoms with Crippen molar-refractivity contribution >= 4 is 108 Å². The van der Waals surface area contributed by atoms with Gasteiger partial charge in [0.25, 0.3) is 18.0 Å². The fourth-order valence-corrected chi connectivity index (χ4v) is 16.1. The van der Waals surface area contributed by atoms with E-state index in [1.54, 1.807) is 38.6 Å². The van der Waals surface area contributed by atoms with Gasteiger partial charge >= 0.3 is 23.1 Å². The summed E-state index contributed by atoms with van der Waals surface area (Å²) in [6.07, 6.45) is 20.6. The number of nitrogens with zero attached hydrogens (tertiary/aromatic N) is 16. The van der Waals surface area contributed by atoms with Gasteiger partial charge in [-0.15, -0.1) is 0 Å². The van der Waals surface area contributed by atoms with Crippen LogP contribution in [0.25, 0.3) is 44.1 Å². The fourth-order valence-electron chi connectivity index (χ4n) is 16.1. The predicted molar refractivity (Wildman–Crippen MR) is 407 cm³/mol. The molecule has 30 heteroatoms. The first kappa shape index (κ1) is 69.9. The van der Waals surface area contributed by atoms with E-state index in [9.17, 15) is 29.1 Å². The van der Waals surface area contributed by atoms with Gasteiger partial charge in [-0.25, -0.2) is 34.7 Å². The third kappa shape index (κ3) is 14.7. The molecule has 0 bridgehead atoms. The lowest BCUT2D eigenvalue weighted by Gasteiger charge is -2.42. The lowest BCUT2D eigenvalue weighted by atomic mass is 9.83. The first-order valence-electron chi connectivity index (χ1n) is 37.5. The average molecular weight is 1450 g/mol. The Morgan fingerprint density at radius 3 is 1.50 bits per heavy atom. The van der Waals surface area contributed by atoms with Gasteiger partial charge in [-0.05, 0) is 176 Å². The number of H-pyrrole nitrogens is 3. The predicted octanol–water partition coefficient (Wildman–Crippen LogP) is 7.98. The molecule has 1 saturated carbocycles. The average Bonchev–Trinajstić information content (AvgIpc) is 1.61. The number of pyridine rings is 1. The van der Waals surface area contributed by atoms with Gasteiger partial charge in [0.05, 0.1) is 12.1 Å². The number of carboxylic acids is 1. The number of aromatic nitrogens is 13. The zero-order valence-electron chi connectivity index (χ0n) is 60.8. The number of benzene rings is 3. The number of piperazine rings is 1. The van der Waals surface area contributed by atoms with Crippen LogP contribution in [0, 0.1) is 17.3 Å². The zero-order chi connectivity index (χ0) is 73.6. The van der Waals surface area contributed by atoms with E-state index in [2.05, 4.69) is 96.8 Å². The van der Waals surface area contributed by atoms with Crippen molar-refractivity contribution in [2.75, 3.05) is 119 Å². The Bertz CT molecular complexity index is 5120. The maximum absolute atomic E-state index is 14.3. The number of carbonyl (C=O) groups excluding carboxylic acids is 1. The van der Waals surface area contributed by atoms with E-state index in [4.69, 9.17) is 34.6 Å². The maximum Gasteiger partial charge on any atom is 0.387 e. The molecule has 5 aliphatic heterocycles. The van der Waals surface area contributed by atoms with Crippen LogP contribution in [-0.4, -0.2) is 167 Å². The van der Waals surface area contributed by atoms with Gasteiger partial charge in [-0.3, -0.25) is 29.1 Å². The molecule has 107 heavy (non-hydrogen) atoms. The molecule has 10 aromatic rings. The lowest BCUT2D eigenvalue weighted by Crippen LogP contribution is -2.60. The Kier molecular flexibility index (Phi) is 19.0. The van der Waals surface area contributed by atoms with Crippen LogP contribution in [0.15, 0.2) is 130 Å². The molecule has 30 nitrogen and oxygen atoms in total. The van der Waals surface area contributed by atoms with Crippen LogP contribution >= 0.6 is 0 Å². The molecule has 6 fully saturated rings. The molecule has 1 aliphatic carbocycles. The molecule has 1 unspecified atom stereocenters. The van der Waals surface area contributed by atoms with Gasteiger partial charge in [0.15, 0.2) is 22.5 Å². The van der Waals surface area contributed by atoms with E-state index >= 15 is 0 Å². The van der Waals surface area contributed by atoms with E-state index in [1.165, 1.54) is 11.0 Å². The molecular weight excluding hydrogens is 1360 g/mol. The highest BCUT2D eigenvalue weighted by atomic mass is 16.7. The summed E-state index contributed by atoms with van der Waals surface area (Å²) >= 11 is 0. The molecule has 7 aromatic heterocycles. The second kappa shape index (κ2) is 29.1. The van der Waals surface area contributed by atoms with Crippen LogP contribution in [0.5, 0.6) is 0 Å². The van der Waals surface area contributed by atoms with Crippen molar-refractivity contribution in [2.24, 2.45) is 17.3 Å². The summed E-state index contributed by atoms with van der Waals surface area (Å²) in [7, 11) is 0. The zero-order valence-corrected chi connectivity index (χ0v) is 60.8. The Balaban J connectivity index is 0.554. The summed E-state index contributed by atoms with van der Waals surface area (Å²) in [5, 5.41) is 33.1. The van der Waals surface area contributed by atoms with Gasteiger partial charge in [-0.1, -0.05) is 35.9 Å². The molecule has 16 rings (SSSR count). The molecule has 7 N–H and O–H groups in total. The third-order valence-electron chi connectivity index (χ3n) is 22.8. The first-order valence-corrected chi connectivity index (χ1v) is 37.5. The minimum absolute atomic E-state index is 0.134. The number of hydrogen-bond donors (Lipinski definition) is 7. The number of hydrogen-bond acceptors (Lipinski definition) is 24. The summed E-state index contributed by atoms with van der Waals surface area (Å²) in [6, 6.07) is 27.8. The number of fused-ring (bicyclic) bond motifs is 3. The minimum atomic E-state index is -0.937. The minimum Gasteiger partial charge on any atom is -0.480 e. The molecule has 6 aliphatic rings. The van der Waals surface area contributed by atoms with E-state index in [0.29, 0.717) is 95.1 Å². The topological polar surface area (TPSA) is 338 Å². The van der Waals surface area contributed by atoms with E-state index in [0.717, 1.165) is 174 Å². The van der Waals surface area contributed by atoms with Gasteiger partial charge < -0.3 is 45.6 Å². The van der Waals surface area contributed by atoms with Crippen LogP contribution in [0.2, 0.25) is 0 Å². The summed E-state index contributed by atoms with van der Waals surface area (Å²) in [6.45, 7) is 16.5. The molecule has 3 aromatic carbocycles. The van der Waals surface area contributed by atoms with Crippen LogP contribution in [0.1, 0.15) is 111 Å². The Hall–Kier alpha value is -11.4. The molecule has 554 valence electrons. The van der Waals surface area contributed by atoms with Crippen molar-refractivity contribution in [3.05, 3.63) is 147 Å². The van der Waals surface area contributed by atoms with Gasteiger partial charge in [-0.2, -0.15) is 19.9 Å². The summed E-state index contributed by atoms with van der Waals surface area (Å²) < 4.78 is 0. The highest BCUT2D eigenvalue weighted by molar-refractivity contribution is 5.93. The van der Waals surface area contributed by atoms with E-state index in [-0.39, 0.29) is 28.2 Å². The van der Waals surface area contributed by atoms with Crippen molar-refractivity contribution in [1.82, 2.24) is 60.2 Å². The largest absolute Gasteiger partial charge is 0.480 e. The number of piperidine rings is 2. The molecular formula is C77H90N22O8+2. The van der Waals surface area contributed by atoms with E-state index < -0.39 is 34.2 Å². The summed E-state index contributed by atoms with van der Waals surface area (Å²) in [5.74, 6) is 1.15. The third-order valence-corrected chi connectivity index (χ3v) is 22.8. The van der Waals surface area contributed by atoms with Gasteiger partial charge in [0.1, 0.15) is 54.4 Å². The molecule has 5 saturated heterocycles. The number of aliphatic carboxylic acids is 1. The van der Waals surface area contributed by atoms with Crippen molar-refractivity contribution in [2.45, 2.75) is 122 Å². The second-order valence-corrected chi connectivity index (χ2v) is 30.3. The first-order chi connectivity index (χ1) is 51.9. The Morgan fingerprint density at radius 2 is 0.991 bits per heavy atom. The molecule has 0 amide bonds. The molecule has 1 spiro atoms.